The van der Waals surface area contributed by atoms with E-state index in [0.29, 0.717) is 23.9 Å². The highest BCUT2D eigenvalue weighted by Crippen LogP contribution is 2.39. The number of thiophene rings is 1. The van der Waals surface area contributed by atoms with E-state index >= 15 is 0 Å². The molecular weight excluding hydrogens is 451 g/mol. The molecule has 6 nitrogen and oxygen atoms in total. The molecule has 1 fully saturated rings. The number of benzene rings is 2. The van der Waals surface area contributed by atoms with Crippen molar-refractivity contribution >= 4 is 22.2 Å². The molecule has 34 heavy (non-hydrogen) atoms. The van der Waals surface area contributed by atoms with Crippen molar-refractivity contribution in [2.45, 2.75) is 6.04 Å². The number of hydrogen-bond donors (Lipinski definition) is 1. The van der Waals surface area contributed by atoms with Gasteiger partial charge in [0.1, 0.15) is 17.7 Å². The van der Waals surface area contributed by atoms with Crippen molar-refractivity contribution in [3.05, 3.63) is 95.1 Å². The molecule has 1 unspecified atom stereocenters. The lowest BCUT2D eigenvalue weighted by Crippen LogP contribution is -2.35. The molecular formula is C26H25FN4O2S. The lowest BCUT2D eigenvalue weighted by atomic mass is 10.1. The molecule has 174 valence electrons. The largest absolute Gasteiger partial charge is 0.378 e. The number of rotatable bonds is 6. The summed E-state index contributed by atoms with van der Waals surface area (Å²) < 4.78 is 21.0. The first kappa shape index (κ1) is 22.3. The average molecular weight is 477 g/mol. The zero-order valence-corrected chi connectivity index (χ0v) is 19.6. The Morgan fingerprint density at radius 3 is 2.53 bits per heavy atom. The van der Waals surface area contributed by atoms with E-state index in [1.807, 2.05) is 42.1 Å². The van der Waals surface area contributed by atoms with Crippen molar-refractivity contribution in [1.29, 1.82) is 0 Å². The lowest BCUT2D eigenvalue weighted by Gasteiger charge is -2.28. The number of ether oxygens (including phenoxy) is 1. The zero-order chi connectivity index (χ0) is 23.5. The van der Waals surface area contributed by atoms with Gasteiger partial charge in [-0.15, -0.1) is 11.3 Å². The predicted octanol–water partition coefficient (Wildman–Crippen LogP) is 4.64. The quantitative estimate of drug-likeness (QED) is 0.440. The number of aryl methyl sites for hydroxylation is 1. The SMILES string of the molecule is Cn1ccnc1C(NC(=O)c1cc(-c2ccccc2)c(N2CCOCC2)s1)c1ccc(F)cc1. The topological polar surface area (TPSA) is 59.4 Å². The third-order valence-corrected chi connectivity index (χ3v) is 7.11. The van der Waals surface area contributed by atoms with E-state index in [1.54, 1.807) is 18.3 Å². The van der Waals surface area contributed by atoms with E-state index < -0.39 is 6.04 Å². The van der Waals surface area contributed by atoms with Gasteiger partial charge < -0.3 is 19.5 Å². The van der Waals surface area contributed by atoms with Gasteiger partial charge in [0, 0.05) is 38.1 Å². The van der Waals surface area contributed by atoms with Gasteiger partial charge in [0.15, 0.2) is 0 Å². The van der Waals surface area contributed by atoms with Crippen molar-refractivity contribution < 1.29 is 13.9 Å². The number of carbonyl (C=O) groups excluding carboxylic acids is 1. The Bertz CT molecular complexity index is 1260. The van der Waals surface area contributed by atoms with Crippen LogP contribution in [0.15, 0.2) is 73.1 Å². The molecule has 0 aliphatic carbocycles. The average Bonchev–Trinajstić information content (AvgIpc) is 3.51. The molecule has 0 spiro atoms. The maximum absolute atomic E-state index is 13.6. The van der Waals surface area contributed by atoms with Gasteiger partial charge in [0.25, 0.3) is 5.91 Å². The summed E-state index contributed by atoms with van der Waals surface area (Å²) in [7, 11) is 1.88. The van der Waals surface area contributed by atoms with Gasteiger partial charge in [-0.2, -0.15) is 0 Å². The molecule has 4 aromatic rings. The molecule has 1 atom stereocenters. The third-order valence-electron chi connectivity index (χ3n) is 5.91. The van der Waals surface area contributed by atoms with Crippen molar-refractivity contribution in [3.8, 4) is 11.1 Å². The molecule has 3 heterocycles. The Hall–Kier alpha value is -3.49. The minimum atomic E-state index is -0.512. The van der Waals surface area contributed by atoms with Crippen LogP contribution in [0.4, 0.5) is 9.39 Å². The molecule has 0 radical (unpaired) electrons. The molecule has 0 saturated carbocycles. The van der Waals surface area contributed by atoms with E-state index in [-0.39, 0.29) is 11.7 Å². The summed E-state index contributed by atoms with van der Waals surface area (Å²) >= 11 is 1.48. The van der Waals surface area contributed by atoms with Crippen LogP contribution in [0.2, 0.25) is 0 Å². The number of anilines is 1. The molecule has 1 amide bonds. The van der Waals surface area contributed by atoms with Crippen LogP contribution >= 0.6 is 11.3 Å². The summed E-state index contributed by atoms with van der Waals surface area (Å²) in [5.74, 6) is 0.154. The van der Waals surface area contributed by atoms with E-state index in [0.717, 1.165) is 34.8 Å². The van der Waals surface area contributed by atoms with Crippen molar-refractivity contribution in [1.82, 2.24) is 14.9 Å². The van der Waals surface area contributed by atoms with Crippen molar-refractivity contribution in [2.24, 2.45) is 7.05 Å². The number of imidazole rings is 1. The van der Waals surface area contributed by atoms with Crippen molar-refractivity contribution in [2.75, 3.05) is 31.2 Å². The van der Waals surface area contributed by atoms with Crippen LogP contribution in [0.3, 0.4) is 0 Å². The third kappa shape index (κ3) is 4.60. The Morgan fingerprint density at radius 1 is 1.12 bits per heavy atom. The van der Waals surface area contributed by atoms with E-state index in [4.69, 9.17) is 4.74 Å². The van der Waals surface area contributed by atoms with Gasteiger partial charge >= 0.3 is 0 Å². The monoisotopic (exact) mass is 476 g/mol. The first-order valence-corrected chi connectivity index (χ1v) is 12.0. The summed E-state index contributed by atoms with van der Waals surface area (Å²) in [6.07, 6.45) is 3.51. The summed E-state index contributed by atoms with van der Waals surface area (Å²) in [4.78, 5) is 20.9. The molecule has 2 aromatic heterocycles. The Balaban J connectivity index is 1.50. The van der Waals surface area contributed by atoms with E-state index in [1.165, 1.54) is 23.5 Å². The highest BCUT2D eigenvalue weighted by Gasteiger charge is 2.25. The number of amides is 1. The van der Waals surface area contributed by atoms with Gasteiger partial charge in [-0.05, 0) is 29.3 Å². The van der Waals surface area contributed by atoms with Gasteiger partial charge in [-0.1, -0.05) is 42.5 Å². The van der Waals surface area contributed by atoms with Crippen LogP contribution in [-0.4, -0.2) is 41.8 Å². The fourth-order valence-electron chi connectivity index (χ4n) is 4.13. The van der Waals surface area contributed by atoms with Gasteiger partial charge in [-0.3, -0.25) is 4.79 Å². The number of morpholine rings is 1. The molecule has 2 aromatic carbocycles. The van der Waals surface area contributed by atoms with Crippen LogP contribution in [0, 0.1) is 5.82 Å². The van der Waals surface area contributed by atoms with Crippen LogP contribution in [-0.2, 0) is 11.8 Å². The summed E-state index contributed by atoms with van der Waals surface area (Å²) in [5, 5.41) is 4.19. The highest BCUT2D eigenvalue weighted by atomic mass is 32.1. The zero-order valence-electron chi connectivity index (χ0n) is 18.8. The molecule has 1 N–H and O–H groups in total. The summed E-state index contributed by atoms with van der Waals surface area (Å²) in [6.45, 7) is 2.90. The van der Waals surface area contributed by atoms with Crippen molar-refractivity contribution in [3.63, 3.8) is 0 Å². The van der Waals surface area contributed by atoms with E-state index in [9.17, 15) is 9.18 Å². The Morgan fingerprint density at radius 2 is 1.85 bits per heavy atom. The lowest BCUT2D eigenvalue weighted by molar-refractivity contribution is 0.0945. The second-order valence-electron chi connectivity index (χ2n) is 8.15. The minimum absolute atomic E-state index is 0.195. The molecule has 8 heteroatoms. The second-order valence-corrected chi connectivity index (χ2v) is 9.18. The smallest absolute Gasteiger partial charge is 0.262 e. The summed E-state index contributed by atoms with van der Waals surface area (Å²) in [5.41, 5.74) is 2.86. The maximum atomic E-state index is 13.6. The first-order valence-electron chi connectivity index (χ1n) is 11.2. The fourth-order valence-corrected chi connectivity index (χ4v) is 5.26. The number of halogens is 1. The Labute approximate surface area is 201 Å². The molecule has 1 saturated heterocycles. The molecule has 5 rings (SSSR count). The standard InChI is InChI=1S/C26H25FN4O2S/c1-30-12-11-28-24(30)23(19-7-9-20(27)10-8-19)29-25(32)22-17-21(18-5-3-2-4-6-18)26(34-22)31-13-15-33-16-14-31/h2-12,17,23H,13-16H2,1H3,(H,29,32). The highest BCUT2D eigenvalue weighted by molar-refractivity contribution is 7.18. The first-order chi connectivity index (χ1) is 16.6. The predicted molar refractivity (Wildman–Crippen MR) is 132 cm³/mol. The fraction of sp³-hybridized carbons (Fsp3) is 0.231. The summed E-state index contributed by atoms with van der Waals surface area (Å²) in [6, 6.07) is 17.7. The number of nitrogens with zero attached hydrogens (tertiary/aromatic N) is 3. The van der Waals surface area contributed by atoms with Crippen LogP contribution < -0.4 is 10.2 Å². The van der Waals surface area contributed by atoms with Crippen LogP contribution in [0.1, 0.15) is 27.1 Å². The normalized spacial score (nSPS) is 14.7. The van der Waals surface area contributed by atoms with Gasteiger partial charge in [0.2, 0.25) is 0 Å². The Kier molecular flexibility index (Phi) is 6.42. The van der Waals surface area contributed by atoms with Crippen LogP contribution in [0.25, 0.3) is 11.1 Å². The van der Waals surface area contributed by atoms with E-state index in [2.05, 4.69) is 27.3 Å². The second kappa shape index (κ2) is 9.79. The maximum Gasteiger partial charge on any atom is 0.262 e. The molecule has 0 bridgehead atoms. The number of hydrogen-bond acceptors (Lipinski definition) is 5. The minimum Gasteiger partial charge on any atom is -0.378 e. The molecule has 1 aliphatic rings. The molecule has 1 aliphatic heterocycles. The number of carbonyl (C=O) groups is 1. The number of nitrogens with one attached hydrogen (secondary N) is 1. The van der Waals surface area contributed by atoms with Gasteiger partial charge in [0.05, 0.1) is 23.1 Å². The van der Waals surface area contributed by atoms with Gasteiger partial charge in [-0.25, -0.2) is 9.37 Å². The number of aromatic nitrogens is 2. The van der Waals surface area contributed by atoms with Crippen LogP contribution in [0.5, 0.6) is 0 Å².